The summed E-state index contributed by atoms with van der Waals surface area (Å²) in [5.74, 6) is -2.09. The summed E-state index contributed by atoms with van der Waals surface area (Å²) in [6.45, 7) is 3.96. The quantitative estimate of drug-likeness (QED) is 0.607. The van der Waals surface area contributed by atoms with Gasteiger partial charge < -0.3 is 15.2 Å². The van der Waals surface area contributed by atoms with Gasteiger partial charge in [-0.15, -0.1) is 0 Å². The molecule has 24 heavy (non-hydrogen) atoms. The summed E-state index contributed by atoms with van der Waals surface area (Å²) in [5.41, 5.74) is 7.80. The number of ether oxygens (including phenoxy) is 2. The summed E-state index contributed by atoms with van der Waals surface area (Å²) < 4.78 is 10.0. The third kappa shape index (κ3) is 3.93. The smallest absolute Gasteiger partial charge is 0.309 e. The normalized spacial score (nSPS) is 17.2. The molecule has 1 aliphatic carbocycles. The SMILES string of the molecule is CCOC(=O)CCC(C(=O)OCC)C1Cc2cc(N)ccc2C1=O. The standard InChI is InChI=1S/C18H23NO5/c1-3-23-16(20)8-7-14(18(22)24-4-2)15-10-11-9-12(19)5-6-13(11)17(15)21/h5-6,9,14-15H,3-4,7-8,10,19H2,1-2H3. The maximum absolute atomic E-state index is 12.7. The van der Waals surface area contributed by atoms with Gasteiger partial charge >= 0.3 is 11.9 Å². The lowest BCUT2D eigenvalue weighted by Gasteiger charge is -2.20. The van der Waals surface area contributed by atoms with Gasteiger partial charge in [-0.25, -0.2) is 0 Å². The number of ketones is 1. The first-order chi connectivity index (χ1) is 11.5. The number of Topliss-reactive ketones (excluding diaryl/α,β-unsaturated/α-hetero) is 1. The number of nitrogens with two attached hydrogens (primary N) is 1. The van der Waals surface area contributed by atoms with Crippen molar-refractivity contribution in [2.45, 2.75) is 33.1 Å². The Hall–Kier alpha value is -2.37. The van der Waals surface area contributed by atoms with Gasteiger partial charge in [-0.3, -0.25) is 14.4 Å². The number of carbonyl (C=O) groups is 3. The molecule has 0 saturated carbocycles. The molecule has 0 amide bonds. The van der Waals surface area contributed by atoms with Crippen LogP contribution in [0.1, 0.15) is 42.6 Å². The Bertz CT molecular complexity index is 640. The average molecular weight is 333 g/mol. The summed E-state index contributed by atoms with van der Waals surface area (Å²) in [5, 5.41) is 0. The maximum atomic E-state index is 12.7. The Kier molecular flexibility index (Phi) is 5.95. The summed E-state index contributed by atoms with van der Waals surface area (Å²) in [6.07, 6.45) is 0.753. The molecule has 0 aromatic heterocycles. The van der Waals surface area contributed by atoms with Gasteiger partial charge in [-0.1, -0.05) is 0 Å². The van der Waals surface area contributed by atoms with Crippen LogP contribution in [0.15, 0.2) is 18.2 Å². The van der Waals surface area contributed by atoms with Crippen molar-refractivity contribution in [1.29, 1.82) is 0 Å². The highest BCUT2D eigenvalue weighted by Crippen LogP contribution is 2.35. The number of esters is 2. The van der Waals surface area contributed by atoms with Crippen LogP contribution in [0.3, 0.4) is 0 Å². The molecule has 0 radical (unpaired) electrons. The zero-order valence-corrected chi connectivity index (χ0v) is 14.0. The number of nitrogen functional groups attached to an aromatic ring is 1. The Morgan fingerprint density at radius 2 is 1.96 bits per heavy atom. The average Bonchev–Trinajstić information content (AvgIpc) is 2.84. The van der Waals surface area contributed by atoms with E-state index in [1.165, 1.54) is 0 Å². The highest BCUT2D eigenvalue weighted by Gasteiger charge is 2.40. The van der Waals surface area contributed by atoms with E-state index in [4.69, 9.17) is 15.2 Å². The number of fused-ring (bicyclic) bond motifs is 1. The first-order valence-corrected chi connectivity index (χ1v) is 8.22. The highest BCUT2D eigenvalue weighted by atomic mass is 16.5. The monoisotopic (exact) mass is 333 g/mol. The van der Waals surface area contributed by atoms with Crippen molar-refractivity contribution in [2.24, 2.45) is 11.8 Å². The lowest BCUT2D eigenvalue weighted by atomic mass is 9.85. The van der Waals surface area contributed by atoms with Gasteiger partial charge in [0.15, 0.2) is 5.78 Å². The molecule has 1 aliphatic rings. The zero-order chi connectivity index (χ0) is 17.7. The van der Waals surface area contributed by atoms with E-state index in [0.29, 0.717) is 17.7 Å². The van der Waals surface area contributed by atoms with Crippen LogP contribution in [0.2, 0.25) is 0 Å². The van der Waals surface area contributed by atoms with Gasteiger partial charge in [0.05, 0.1) is 19.1 Å². The summed E-state index contributed by atoms with van der Waals surface area (Å²) >= 11 is 0. The summed E-state index contributed by atoms with van der Waals surface area (Å²) in [7, 11) is 0. The number of benzene rings is 1. The van der Waals surface area contributed by atoms with Crippen LogP contribution in [-0.4, -0.2) is 30.9 Å². The van der Waals surface area contributed by atoms with Crippen molar-refractivity contribution in [2.75, 3.05) is 18.9 Å². The molecule has 130 valence electrons. The lowest BCUT2D eigenvalue weighted by molar-refractivity contribution is -0.150. The Labute approximate surface area is 141 Å². The Morgan fingerprint density at radius 3 is 2.62 bits per heavy atom. The van der Waals surface area contributed by atoms with Gasteiger partial charge in [0.1, 0.15) is 0 Å². The molecular formula is C18H23NO5. The fourth-order valence-electron chi connectivity index (χ4n) is 3.12. The van der Waals surface area contributed by atoms with Crippen molar-refractivity contribution in [1.82, 2.24) is 0 Å². The third-order valence-corrected chi connectivity index (χ3v) is 4.21. The molecule has 2 unspecified atom stereocenters. The molecule has 6 heteroatoms. The molecule has 0 fully saturated rings. The van der Waals surface area contributed by atoms with E-state index in [-0.39, 0.29) is 37.8 Å². The second-order valence-electron chi connectivity index (χ2n) is 5.79. The van der Waals surface area contributed by atoms with Crippen molar-refractivity contribution in [3.63, 3.8) is 0 Å². The summed E-state index contributed by atoms with van der Waals surface area (Å²) in [4.78, 5) is 36.6. The molecule has 0 aliphatic heterocycles. The minimum Gasteiger partial charge on any atom is -0.466 e. The van der Waals surface area contributed by atoms with Crippen LogP contribution >= 0.6 is 0 Å². The second kappa shape index (κ2) is 7.95. The van der Waals surface area contributed by atoms with Crippen molar-refractivity contribution < 1.29 is 23.9 Å². The number of hydrogen-bond donors (Lipinski definition) is 1. The number of rotatable bonds is 7. The first kappa shape index (κ1) is 18.0. The predicted molar refractivity (Wildman–Crippen MR) is 88.4 cm³/mol. The Balaban J connectivity index is 2.17. The van der Waals surface area contributed by atoms with Crippen LogP contribution in [0.5, 0.6) is 0 Å². The molecule has 0 spiro atoms. The van der Waals surface area contributed by atoms with Crippen LogP contribution in [0.4, 0.5) is 5.69 Å². The van der Waals surface area contributed by atoms with E-state index in [9.17, 15) is 14.4 Å². The lowest BCUT2D eigenvalue weighted by Crippen LogP contribution is -2.30. The van der Waals surface area contributed by atoms with E-state index >= 15 is 0 Å². The molecule has 2 N–H and O–H groups in total. The van der Waals surface area contributed by atoms with Crippen LogP contribution < -0.4 is 5.73 Å². The topological polar surface area (TPSA) is 95.7 Å². The predicted octanol–water partition coefficient (Wildman–Crippen LogP) is 2.15. The van der Waals surface area contributed by atoms with Gasteiger partial charge in [-0.2, -0.15) is 0 Å². The third-order valence-electron chi connectivity index (χ3n) is 4.21. The molecule has 1 aromatic rings. The zero-order valence-electron chi connectivity index (χ0n) is 14.0. The molecular weight excluding hydrogens is 310 g/mol. The molecule has 0 saturated heterocycles. The van der Waals surface area contributed by atoms with Gasteiger partial charge in [-0.05, 0) is 50.5 Å². The number of carbonyl (C=O) groups excluding carboxylic acids is 3. The van der Waals surface area contributed by atoms with E-state index < -0.39 is 17.8 Å². The van der Waals surface area contributed by atoms with E-state index in [1.807, 2.05) is 0 Å². The van der Waals surface area contributed by atoms with Crippen LogP contribution in [0, 0.1) is 11.8 Å². The van der Waals surface area contributed by atoms with Crippen molar-refractivity contribution >= 4 is 23.4 Å². The van der Waals surface area contributed by atoms with Crippen LogP contribution in [-0.2, 0) is 25.5 Å². The van der Waals surface area contributed by atoms with Crippen LogP contribution in [0.25, 0.3) is 0 Å². The first-order valence-electron chi connectivity index (χ1n) is 8.22. The molecule has 6 nitrogen and oxygen atoms in total. The summed E-state index contributed by atoms with van der Waals surface area (Å²) in [6, 6.07) is 5.14. The molecule has 2 rings (SSSR count). The van der Waals surface area contributed by atoms with Crippen molar-refractivity contribution in [3.8, 4) is 0 Å². The molecule has 2 atom stereocenters. The molecule has 0 bridgehead atoms. The number of anilines is 1. The van der Waals surface area contributed by atoms with Gasteiger partial charge in [0.2, 0.25) is 0 Å². The van der Waals surface area contributed by atoms with E-state index in [0.717, 1.165) is 5.56 Å². The highest BCUT2D eigenvalue weighted by molar-refractivity contribution is 6.04. The largest absolute Gasteiger partial charge is 0.466 e. The minimum atomic E-state index is -0.657. The maximum Gasteiger partial charge on any atom is 0.309 e. The number of hydrogen-bond acceptors (Lipinski definition) is 6. The Morgan fingerprint density at radius 1 is 1.25 bits per heavy atom. The van der Waals surface area contributed by atoms with E-state index in [1.54, 1.807) is 32.0 Å². The minimum absolute atomic E-state index is 0.0829. The second-order valence-corrected chi connectivity index (χ2v) is 5.79. The van der Waals surface area contributed by atoms with Gasteiger partial charge in [0.25, 0.3) is 0 Å². The van der Waals surface area contributed by atoms with Gasteiger partial charge in [0, 0.05) is 23.6 Å². The fourth-order valence-corrected chi connectivity index (χ4v) is 3.12. The molecule has 1 aromatic carbocycles. The molecule has 0 heterocycles. The van der Waals surface area contributed by atoms with Crippen molar-refractivity contribution in [3.05, 3.63) is 29.3 Å². The fraction of sp³-hybridized carbons (Fsp3) is 0.500. The van der Waals surface area contributed by atoms with E-state index in [2.05, 4.69) is 0 Å².